The molecule has 0 bridgehead atoms. The topological polar surface area (TPSA) is 195 Å². The molecule has 5 amide bonds. The Morgan fingerprint density at radius 3 is 1.91 bits per heavy atom. The van der Waals surface area contributed by atoms with Crippen LogP contribution >= 0.6 is 0 Å². The maximum atomic E-state index is 14.4. The number of aryl methyl sites for hydroxylation is 1. The predicted molar refractivity (Wildman–Crippen MR) is 314 cm³/mol. The van der Waals surface area contributed by atoms with Crippen LogP contribution in [0, 0.1) is 12.8 Å². The molecule has 18 nitrogen and oxygen atoms in total. The van der Waals surface area contributed by atoms with Crippen molar-refractivity contribution >= 4 is 55.4 Å². The van der Waals surface area contributed by atoms with E-state index in [1.54, 1.807) is 45.9 Å². The summed E-state index contributed by atoms with van der Waals surface area (Å²) in [5, 5.41) is 5.85. The zero-order valence-corrected chi connectivity index (χ0v) is 50.9. The average Bonchev–Trinajstić information content (AvgIpc) is 4.20. The van der Waals surface area contributed by atoms with Crippen molar-refractivity contribution in [2.24, 2.45) is 5.92 Å². The summed E-state index contributed by atoms with van der Waals surface area (Å²) in [6.45, 7) is 30.1. The molecule has 438 valence electrons. The fraction of sp³-hybridized carbons (Fsp3) is 0.516. The van der Waals surface area contributed by atoms with Gasteiger partial charge in [0.25, 0.3) is 11.8 Å². The van der Waals surface area contributed by atoms with Crippen LogP contribution in [-0.2, 0) is 36.6 Å². The summed E-state index contributed by atoms with van der Waals surface area (Å²) in [6, 6.07) is 12.0. The van der Waals surface area contributed by atoms with Crippen LogP contribution in [0.2, 0.25) is 18.1 Å². The first-order valence-electron chi connectivity index (χ1n) is 28.2. The maximum Gasteiger partial charge on any atom is 0.416 e. The van der Waals surface area contributed by atoms with Gasteiger partial charge in [-0.1, -0.05) is 82.7 Å². The third kappa shape index (κ3) is 13.9. The molecule has 4 aliphatic rings. The van der Waals surface area contributed by atoms with Crippen molar-refractivity contribution in [1.29, 1.82) is 0 Å². The number of carbonyl (C=O) groups is 6. The highest BCUT2D eigenvalue weighted by molar-refractivity contribution is 6.74. The first-order valence-corrected chi connectivity index (χ1v) is 31.1. The summed E-state index contributed by atoms with van der Waals surface area (Å²) in [5.41, 5.74) is 5.74. The first kappa shape index (κ1) is 61.7. The Hall–Kier alpha value is -6.96. The van der Waals surface area contributed by atoms with Crippen LogP contribution in [0.4, 0.5) is 21.0 Å². The third-order valence-electron chi connectivity index (χ3n) is 16.1. The summed E-state index contributed by atoms with van der Waals surface area (Å²) in [4.78, 5) is 88.6. The average molecular weight is 1130 g/mol. The summed E-state index contributed by atoms with van der Waals surface area (Å²) in [5.74, 6) is 0.353. The molecule has 0 aromatic heterocycles. The number of unbranched alkanes of at least 4 members (excludes halogenated alkanes) is 2. The minimum Gasteiger partial charge on any atom is -0.493 e. The molecular weight excluding hydrogens is 1050 g/mol. The lowest BCUT2D eigenvalue weighted by Gasteiger charge is -2.44. The number of ether oxygens (including phenoxy) is 5. The molecule has 0 radical (unpaired) electrons. The number of methoxy groups -OCH3 is 1. The van der Waals surface area contributed by atoms with E-state index in [9.17, 15) is 28.8 Å². The second kappa shape index (κ2) is 25.9. The van der Waals surface area contributed by atoms with Crippen LogP contribution < -0.4 is 34.6 Å². The van der Waals surface area contributed by atoms with Crippen molar-refractivity contribution in [1.82, 2.24) is 20.4 Å². The van der Waals surface area contributed by atoms with Gasteiger partial charge in [-0.25, -0.2) is 14.5 Å². The number of rotatable bonds is 22. The van der Waals surface area contributed by atoms with E-state index in [-0.39, 0.29) is 59.3 Å². The van der Waals surface area contributed by atoms with Gasteiger partial charge in [0.2, 0.25) is 5.91 Å². The summed E-state index contributed by atoms with van der Waals surface area (Å²) in [6.07, 6.45) is 6.21. The van der Waals surface area contributed by atoms with Crippen molar-refractivity contribution in [3.05, 3.63) is 113 Å². The molecule has 7 rings (SSSR count). The molecule has 0 aliphatic carbocycles. The predicted octanol–water partition coefficient (Wildman–Crippen LogP) is 11.1. The molecule has 0 unspecified atom stereocenters. The highest BCUT2D eigenvalue weighted by Crippen LogP contribution is 2.46. The number of hydrogen-bond donors (Lipinski definition) is 2. The van der Waals surface area contributed by atoms with Crippen LogP contribution in [0.15, 0.2) is 84.7 Å². The SMILES string of the molecule is C=CCOC(=O)N1c2cc(OCCCCCOc3cc4c(cc3OC)C(=O)N3C=C(C)C[C@H]3[C@H](C)N4C(=O)OCc3ccc(CN[C@@H](C)C(=O)N[C@H](C(C)=O)C(C)C)cc3)c(C)cc2C(=O)N2C=C(C)C[C@H]2[C@@H]1O[Si](C)(C)C(C)(C)C. The second-order valence-corrected chi connectivity index (χ2v) is 28.5. The van der Waals surface area contributed by atoms with E-state index in [0.717, 1.165) is 27.8 Å². The lowest BCUT2D eigenvalue weighted by molar-refractivity contribution is -0.128. The molecule has 6 atom stereocenters. The zero-order valence-electron chi connectivity index (χ0n) is 49.9. The van der Waals surface area contributed by atoms with Gasteiger partial charge in [0, 0.05) is 31.1 Å². The maximum absolute atomic E-state index is 14.4. The molecule has 4 heterocycles. The number of Topliss-reactive ketones (excluding diaryl/α,β-unsaturated/α-hetero) is 1. The second-order valence-electron chi connectivity index (χ2n) is 23.8. The molecule has 0 saturated carbocycles. The van der Waals surface area contributed by atoms with Crippen molar-refractivity contribution in [3.63, 3.8) is 0 Å². The number of fused-ring (bicyclic) bond motifs is 4. The van der Waals surface area contributed by atoms with E-state index in [1.807, 2.05) is 78.2 Å². The fourth-order valence-corrected chi connectivity index (χ4v) is 11.7. The highest BCUT2D eigenvalue weighted by Gasteiger charge is 2.51. The monoisotopic (exact) mass is 1130 g/mol. The van der Waals surface area contributed by atoms with Crippen molar-refractivity contribution in [2.75, 3.05) is 36.7 Å². The van der Waals surface area contributed by atoms with E-state index in [4.69, 9.17) is 28.1 Å². The molecule has 0 saturated heterocycles. The Labute approximate surface area is 479 Å². The quantitative estimate of drug-likeness (QED) is 0.0548. The van der Waals surface area contributed by atoms with Crippen LogP contribution in [0.25, 0.3) is 0 Å². The lowest BCUT2D eigenvalue weighted by Crippen LogP contribution is -2.57. The van der Waals surface area contributed by atoms with Crippen molar-refractivity contribution in [2.45, 2.75) is 176 Å². The van der Waals surface area contributed by atoms with Gasteiger partial charge in [-0.15, -0.1) is 0 Å². The molecule has 19 heteroatoms. The van der Waals surface area contributed by atoms with Gasteiger partial charge in [-0.05, 0) is 127 Å². The van der Waals surface area contributed by atoms with E-state index >= 15 is 0 Å². The summed E-state index contributed by atoms with van der Waals surface area (Å²) >= 11 is 0. The largest absolute Gasteiger partial charge is 0.493 e. The number of benzene rings is 3. The molecule has 2 N–H and O–H groups in total. The number of carbonyl (C=O) groups excluding carboxylic acids is 6. The van der Waals surface area contributed by atoms with Gasteiger partial charge in [0.1, 0.15) is 19.0 Å². The molecule has 0 spiro atoms. The minimum atomic E-state index is -2.53. The molecule has 81 heavy (non-hydrogen) atoms. The molecule has 4 aliphatic heterocycles. The van der Waals surface area contributed by atoms with Crippen LogP contribution in [0.3, 0.4) is 0 Å². The molecule has 3 aromatic carbocycles. The van der Waals surface area contributed by atoms with Crippen LogP contribution in [-0.4, -0.2) is 117 Å². The number of anilines is 2. The Kier molecular flexibility index (Phi) is 19.7. The molecular formula is C62H84N6O12Si. The third-order valence-corrected chi connectivity index (χ3v) is 20.5. The normalized spacial score (nSPS) is 19.5. The lowest BCUT2D eigenvalue weighted by atomic mass is 10.0. The van der Waals surface area contributed by atoms with E-state index < -0.39 is 50.9 Å². The van der Waals surface area contributed by atoms with E-state index in [0.29, 0.717) is 86.0 Å². The van der Waals surface area contributed by atoms with Gasteiger partial charge in [-0.3, -0.25) is 24.1 Å². The van der Waals surface area contributed by atoms with Gasteiger partial charge in [0.15, 0.2) is 31.8 Å². The Morgan fingerprint density at radius 1 is 0.765 bits per heavy atom. The van der Waals surface area contributed by atoms with Gasteiger partial charge in [0.05, 0.1) is 73.0 Å². The number of amides is 5. The van der Waals surface area contributed by atoms with Gasteiger partial charge in [-0.2, -0.15) is 0 Å². The fourth-order valence-electron chi connectivity index (χ4n) is 10.4. The summed E-state index contributed by atoms with van der Waals surface area (Å²) in [7, 11) is -1.03. The van der Waals surface area contributed by atoms with Crippen LogP contribution in [0.5, 0.6) is 17.2 Å². The highest BCUT2D eigenvalue weighted by atomic mass is 28.4. The van der Waals surface area contributed by atoms with Crippen LogP contribution in [0.1, 0.15) is 139 Å². The Bertz CT molecular complexity index is 2930. The minimum absolute atomic E-state index is 0.0217. The Morgan fingerprint density at radius 2 is 1.32 bits per heavy atom. The molecule has 0 fully saturated rings. The van der Waals surface area contributed by atoms with Crippen molar-refractivity contribution < 1.29 is 56.9 Å². The standard InChI is InChI=1S/C62H84N6O12Si/c1-16-24-78-61(74)68-50-31-52(40(6)29-46(50)57(71)66-35-39(5)28-51(66)59(68)80-81(14,15)62(10,11)12)76-25-18-17-19-26-77-54-32-49-47(30-53(54)75-13)58(72)65-34-38(4)27-48(65)42(8)67(49)60(73)79-36-45-22-20-44(21-23-45)33-63-41(7)56(70)64-55(37(2)3)43(9)69/h16,20-23,29-32,34-35,37,41-42,48,51,55,59,63H,1,17-19,24-28,33,36H2,2-15H3,(H,64,70)/t41-,42-,48-,51-,55-,59-/m0/s1. The summed E-state index contributed by atoms with van der Waals surface area (Å²) < 4.78 is 37.4. The number of ketones is 1. The number of nitrogens with one attached hydrogen (secondary N) is 2. The smallest absolute Gasteiger partial charge is 0.416 e. The number of nitrogens with zero attached hydrogens (tertiary/aromatic N) is 4. The van der Waals surface area contributed by atoms with Gasteiger partial charge < -0.3 is 48.5 Å². The zero-order chi connectivity index (χ0) is 59.2. The van der Waals surface area contributed by atoms with E-state index in [1.165, 1.54) is 25.0 Å². The van der Waals surface area contributed by atoms with Crippen molar-refractivity contribution in [3.8, 4) is 17.2 Å². The van der Waals surface area contributed by atoms with Gasteiger partial charge >= 0.3 is 12.2 Å². The number of hydrogen-bond acceptors (Lipinski definition) is 13. The van der Waals surface area contributed by atoms with E-state index in [2.05, 4.69) is 51.1 Å². The Balaban J connectivity index is 1.01. The molecule has 3 aromatic rings. The first-order chi connectivity index (χ1) is 38.3.